The molecule has 1 aromatic carbocycles. The first kappa shape index (κ1) is 15.5. The van der Waals surface area contributed by atoms with E-state index < -0.39 is 5.91 Å². The quantitative estimate of drug-likeness (QED) is 0.805. The highest BCUT2D eigenvalue weighted by Gasteiger charge is 2.19. The average molecular weight is 328 g/mol. The van der Waals surface area contributed by atoms with Crippen LogP contribution in [0.5, 0.6) is 0 Å². The Balaban J connectivity index is 2.97. The van der Waals surface area contributed by atoms with Gasteiger partial charge in [0.05, 0.1) is 6.54 Å². The molecule has 0 atom stereocenters. The predicted molar refractivity (Wildman–Crippen MR) is 78.5 cm³/mol. The fraction of sp³-hybridized carbons (Fsp3) is 0.385. The Labute approximate surface area is 121 Å². The Hall–Kier alpha value is -1.56. The van der Waals surface area contributed by atoms with E-state index in [2.05, 4.69) is 15.9 Å². The molecular weight excluding hydrogens is 310 g/mol. The molecular formula is C13H18BrN3O2. The molecule has 0 aliphatic carbocycles. The van der Waals surface area contributed by atoms with Gasteiger partial charge in [-0.05, 0) is 40.0 Å². The fourth-order valence-electron chi connectivity index (χ4n) is 1.69. The van der Waals surface area contributed by atoms with Crippen molar-refractivity contribution in [2.75, 3.05) is 18.8 Å². The Morgan fingerprint density at radius 2 is 2.00 bits per heavy atom. The van der Waals surface area contributed by atoms with Gasteiger partial charge in [0, 0.05) is 22.3 Å². The van der Waals surface area contributed by atoms with Crippen molar-refractivity contribution in [3.63, 3.8) is 0 Å². The van der Waals surface area contributed by atoms with E-state index in [4.69, 9.17) is 11.5 Å². The van der Waals surface area contributed by atoms with Gasteiger partial charge in [0.25, 0.3) is 5.91 Å². The first-order valence-corrected chi connectivity index (χ1v) is 6.73. The van der Waals surface area contributed by atoms with E-state index in [-0.39, 0.29) is 18.4 Å². The SMILES string of the molecule is CC(C)CN(CC(N)=O)C(=O)c1ccc(N)c(Br)c1. The molecule has 6 heteroatoms. The average Bonchev–Trinajstić information content (AvgIpc) is 2.29. The molecule has 1 rings (SSSR count). The van der Waals surface area contributed by atoms with Crippen molar-refractivity contribution in [3.05, 3.63) is 28.2 Å². The molecule has 0 bridgehead atoms. The highest BCUT2D eigenvalue weighted by atomic mass is 79.9. The minimum Gasteiger partial charge on any atom is -0.398 e. The molecule has 0 spiro atoms. The third-order valence-corrected chi connectivity index (χ3v) is 3.15. The zero-order chi connectivity index (χ0) is 14.6. The van der Waals surface area contributed by atoms with E-state index >= 15 is 0 Å². The van der Waals surface area contributed by atoms with Crippen LogP contribution >= 0.6 is 15.9 Å². The summed E-state index contributed by atoms with van der Waals surface area (Å²) in [6, 6.07) is 4.93. The third-order valence-electron chi connectivity index (χ3n) is 2.47. The van der Waals surface area contributed by atoms with Gasteiger partial charge >= 0.3 is 0 Å². The highest BCUT2D eigenvalue weighted by molar-refractivity contribution is 9.10. The number of nitrogen functional groups attached to an aromatic ring is 1. The Morgan fingerprint density at radius 1 is 1.37 bits per heavy atom. The minimum atomic E-state index is -0.525. The number of nitrogens with zero attached hydrogens (tertiary/aromatic N) is 1. The van der Waals surface area contributed by atoms with Gasteiger partial charge in [-0.2, -0.15) is 0 Å². The molecule has 0 fully saturated rings. The molecule has 4 N–H and O–H groups in total. The number of hydrogen-bond acceptors (Lipinski definition) is 3. The molecule has 1 aromatic rings. The second-order valence-corrected chi connectivity index (χ2v) is 5.64. The van der Waals surface area contributed by atoms with Gasteiger partial charge in [-0.15, -0.1) is 0 Å². The number of hydrogen-bond donors (Lipinski definition) is 2. The van der Waals surface area contributed by atoms with Gasteiger partial charge in [-0.3, -0.25) is 9.59 Å². The summed E-state index contributed by atoms with van der Waals surface area (Å²) in [5, 5.41) is 0. The van der Waals surface area contributed by atoms with Crippen LogP contribution in [0, 0.1) is 5.92 Å². The molecule has 0 aliphatic heterocycles. The smallest absolute Gasteiger partial charge is 0.254 e. The van der Waals surface area contributed by atoms with Crippen LogP contribution in [0.15, 0.2) is 22.7 Å². The van der Waals surface area contributed by atoms with Crippen LogP contribution in [0.4, 0.5) is 5.69 Å². The van der Waals surface area contributed by atoms with Crippen molar-refractivity contribution in [1.29, 1.82) is 0 Å². The molecule has 0 radical (unpaired) electrons. The van der Waals surface area contributed by atoms with Gasteiger partial charge in [0.1, 0.15) is 0 Å². The molecule has 19 heavy (non-hydrogen) atoms. The summed E-state index contributed by atoms with van der Waals surface area (Å²) >= 11 is 3.28. The summed E-state index contributed by atoms with van der Waals surface area (Å²) in [5.41, 5.74) is 11.9. The van der Waals surface area contributed by atoms with Crippen LogP contribution in [0.25, 0.3) is 0 Å². The topological polar surface area (TPSA) is 89.4 Å². The fourth-order valence-corrected chi connectivity index (χ4v) is 2.07. The second-order valence-electron chi connectivity index (χ2n) is 4.78. The van der Waals surface area contributed by atoms with E-state index in [1.807, 2.05) is 13.8 Å². The number of anilines is 1. The van der Waals surface area contributed by atoms with Crippen LogP contribution in [0.1, 0.15) is 24.2 Å². The van der Waals surface area contributed by atoms with Crippen molar-refractivity contribution < 1.29 is 9.59 Å². The maximum Gasteiger partial charge on any atom is 0.254 e. The lowest BCUT2D eigenvalue weighted by atomic mass is 10.1. The zero-order valence-corrected chi connectivity index (χ0v) is 12.6. The summed E-state index contributed by atoms with van der Waals surface area (Å²) in [5.74, 6) is -0.503. The van der Waals surface area contributed by atoms with Gasteiger partial charge in [-0.25, -0.2) is 0 Å². The number of benzene rings is 1. The summed E-state index contributed by atoms with van der Waals surface area (Å²) in [4.78, 5) is 24.8. The molecule has 0 heterocycles. The van der Waals surface area contributed by atoms with Crippen LogP contribution < -0.4 is 11.5 Å². The lowest BCUT2D eigenvalue weighted by Crippen LogP contribution is -2.40. The summed E-state index contributed by atoms with van der Waals surface area (Å²) in [7, 11) is 0. The second kappa shape index (κ2) is 6.56. The lowest BCUT2D eigenvalue weighted by molar-refractivity contribution is -0.118. The molecule has 0 unspecified atom stereocenters. The predicted octanol–water partition coefficient (Wildman–Crippen LogP) is 1.61. The Morgan fingerprint density at radius 3 is 2.47 bits per heavy atom. The van der Waals surface area contributed by atoms with Gasteiger partial charge < -0.3 is 16.4 Å². The molecule has 5 nitrogen and oxygen atoms in total. The standard InChI is InChI=1S/C13H18BrN3O2/c1-8(2)6-17(7-12(16)18)13(19)9-3-4-11(15)10(14)5-9/h3-5,8H,6-7,15H2,1-2H3,(H2,16,18). The van der Waals surface area contributed by atoms with Crippen molar-refractivity contribution in [1.82, 2.24) is 4.90 Å². The molecule has 0 saturated carbocycles. The van der Waals surface area contributed by atoms with Crippen molar-refractivity contribution in [3.8, 4) is 0 Å². The summed E-state index contributed by atoms with van der Waals surface area (Å²) in [6.07, 6.45) is 0. The Bertz CT molecular complexity index is 489. The Kier molecular flexibility index (Phi) is 5.35. The van der Waals surface area contributed by atoms with Crippen molar-refractivity contribution in [2.45, 2.75) is 13.8 Å². The highest BCUT2D eigenvalue weighted by Crippen LogP contribution is 2.21. The lowest BCUT2D eigenvalue weighted by Gasteiger charge is -2.23. The molecule has 0 aromatic heterocycles. The molecule has 0 aliphatic rings. The molecule has 2 amide bonds. The minimum absolute atomic E-state index is 0.0843. The monoisotopic (exact) mass is 327 g/mol. The van der Waals surface area contributed by atoms with E-state index in [0.29, 0.717) is 22.3 Å². The van der Waals surface area contributed by atoms with E-state index in [0.717, 1.165) is 0 Å². The zero-order valence-electron chi connectivity index (χ0n) is 11.0. The van der Waals surface area contributed by atoms with Gasteiger partial charge in [-0.1, -0.05) is 13.8 Å². The van der Waals surface area contributed by atoms with Crippen LogP contribution in [0.3, 0.4) is 0 Å². The number of rotatable bonds is 5. The van der Waals surface area contributed by atoms with E-state index in [9.17, 15) is 9.59 Å². The number of primary amides is 1. The van der Waals surface area contributed by atoms with Crippen molar-refractivity contribution >= 4 is 33.4 Å². The van der Waals surface area contributed by atoms with Gasteiger partial charge in [0.2, 0.25) is 5.91 Å². The number of halogens is 1. The summed E-state index contributed by atoms with van der Waals surface area (Å²) in [6.45, 7) is 4.34. The van der Waals surface area contributed by atoms with Crippen LogP contribution in [-0.2, 0) is 4.79 Å². The maximum atomic E-state index is 12.3. The van der Waals surface area contributed by atoms with Crippen LogP contribution in [0.2, 0.25) is 0 Å². The van der Waals surface area contributed by atoms with Crippen LogP contribution in [-0.4, -0.2) is 29.8 Å². The van der Waals surface area contributed by atoms with Crippen molar-refractivity contribution in [2.24, 2.45) is 11.7 Å². The summed E-state index contributed by atoms with van der Waals surface area (Å²) < 4.78 is 0.655. The number of nitrogens with two attached hydrogens (primary N) is 2. The maximum absolute atomic E-state index is 12.3. The first-order valence-electron chi connectivity index (χ1n) is 5.94. The molecule has 0 saturated heterocycles. The number of amides is 2. The number of carbonyl (C=O) groups excluding carboxylic acids is 2. The van der Waals surface area contributed by atoms with E-state index in [1.54, 1.807) is 18.2 Å². The largest absolute Gasteiger partial charge is 0.398 e. The normalized spacial score (nSPS) is 10.5. The first-order chi connectivity index (χ1) is 8.81. The van der Waals surface area contributed by atoms with E-state index in [1.165, 1.54) is 4.90 Å². The third kappa shape index (κ3) is 4.55. The van der Waals surface area contributed by atoms with Gasteiger partial charge in [0.15, 0.2) is 0 Å². The molecule has 104 valence electrons. The number of carbonyl (C=O) groups is 2.